The van der Waals surface area contributed by atoms with Gasteiger partial charge in [0.15, 0.2) is 11.5 Å². The molecular weight excluding hydrogens is 156 g/mol. The zero-order valence-corrected chi connectivity index (χ0v) is 6.65. The quantitative estimate of drug-likeness (QED) is 0.533. The van der Waals surface area contributed by atoms with E-state index in [1.165, 1.54) is 18.6 Å². The lowest BCUT2D eigenvalue weighted by molar-refractivity contribution is -0.130. The monoisotopic (exact) mass is 165 g/mol. The van der Waals surface area contributed by atoms with Gasteiger partial charge >= 0.3 is 5.97 Å². The molecule has 0 saturated heterocycles. The molecule has 0 saturated carbocycles. The number of para-hydroxylation sites is 2. The van der Waals surface area contributed by atoms with E-state index >= 15 is 0 Å². The lowest BCUT2D eigenvalue weighted by Gasteiger charge is -2.02. The van der Waals surface area contributed by atoms with Crippen molar-refractivity contribution >= 4 is 5.97 Å². The largest absolute Gasteiger partial charge is 0.504 e. The Hall–Kier alpha value is -1.51. The highest BCUT2D eigenvalue weighted by atomic mass is 16.5. The molecule has 0 bridgehead atoms. The van der Waals surface area contributed by atoms with Crippen LogP contribution in [0.3, 0.4) is 0 Å². The summed E-state index contributed by atoms with van der Waals surface area (Å²) in [5.74, 6) is -0.329. The average molecular weight is 165 g/mol. The number of phenolic OH excluding ortho intramolecular Hbond substituents is 1. The lowest BCUT2D eigenvalue weighted by atomic mass is 10.3. The summed E-state index contributed by atoms with van der Waals surface area (Å²) in [4.78, 5) is 10.7. The van der Waals surface area contributed by atoms with Gasteiger partial charge in [-0.05, 0) is 12.1 Å². The summed E-state index contributed by atoms with van der Waals surface area (Å²) >= 11 is 0. The van der Waals surface area contributed by atoms with E-state index in [4.69, 9.17) is 9.84 Å². The third-order valence-electron chi connectivity index (χ3n) is 1.31. The van der Waals surface area contributed by atoms with Crippen LogP contribution in [0.4, 0.5) is 0 Å². The Labute approximate surface area is 70.6 Å². The van der Waals surface area contributed by atoms with Crippen molar-refractivity contribution in [1.82, 2.24) is 0 Å². The van der Waals surface area contributed by atoms with E-state index in [0.29, 0.717) is 0 Å². The first-order valence-corrected chi connectivity index (χ1v) is 3.53. The van der Waals surface area contributed by atoms with Gasteiger partial charge in [0.1, 0.15) is 0 Å². The Morgan fingerprint density at radius 2 is 2.17 bits per heavy atom. The molecular formula is C9H9O3. The molecule has 0 aromatic heterocycles. The molecule has 0 atom stereocenters. The SMILES string of the molecule is C[CH]C(=O)Oc1ccccc1O. The highest BCUT2D eigenvalue weighted by Crippen LogP contribution is 2.24. The first-order chi connectivity index (χ1) is 5.74. The minimum absolute atomic E-state index is 0.0345. The number of esters is 1. The summed E-state index contributed by atoms with van der Waals surface area (Å²) < 4.78 is 4.75. The van der Waals surface area contributed by atoms with Crippen LogP contribution in [0.15, 0.2) is 24.3 Å². The molecule has 1 aromatic carbocycles. The van der Waals surface area contributed by atoms with Crippen LogP contribution in [0.2, 0.25) is 0 Å². The predicted octanol–water partition coefficient (Wildman–Crippen LogP) is 1.52. The fourth-order valence-corrected chi connectivity index (χ4v) is 0.711. The van der Waals surface area contributed by atoms with Crippen LogP contribution in [0, 0.1) is 6.42 Å². The van der Waals surface area contributed by atoms with Crippen molar-refractivity contribution < 1.29 is 14.6 Å². The van der Waals surface area contributed by atoms with Crippen molar-refractivity contribution in [1.29, 1.82) is 0 Å². The fraction of sp³-hybridized carbons (Fsp3) is 0.111. The van der Waals surface area contributed by atoms with Gasteiger partial charge in [0.05, 0.1) is 6.42 Å². The van der Waals surface area contributed by atoms with Crippen LogP contribution >= 0.6 is 0 Å². The number of carbonyl (C=O) groups excluding carboxylic acids is 1. The van der Waals surface area contributed by atoms with Gasteiger partial charge in [0.25, 0.3) is 0 Å². The smallest absolute Gasteiger partial charge is 0.315 e. The Morgan fingerprint density at radius 1 is 1.50 bits per heavy atom. The molecule has 1 rings (SSSR count). The highest BCUT2D eigenvalue weighted by Gasteiger charge is 2.04. The second-order valence-electron chi connectivity index (χ2n) is 2.18. The van der Waals surface area contributed by atoms with Gasteiger partial charge in [-0.15, -0.1) is 0 Å². The number of carbonyl (C=O) groups is 1. The second kappa shape index (κ2) is 3.76. The van der Waals surface area contributed by atoms with Gasteiger partial charge in [-0.1, -0.05) is 19.1 Å². The molecule has 12 heavy (non-hydrogen) atoms. The normalized spacial score (nSPS) is 9.42. The number of hydrogen-bond donors (Lipinski definition) is 1. The lowest BCUT2D eigenvalue weighted by Crippen LogP contribution is -2.05. The van der Waals surface area contributed by atoms with Gasteiger partial charge in [-0.3, -0.25) is 4.79 Å². The minimum Gasteiger partial charge on any atom is -0.504 e. The average Bonchev–Trinajstić information content (AvgIpc) is 2.09. The molecule has 63 valence electrons. The number of benzene rings is 1. The van der Waals surface area contributed by atoms with Crippen LogP contribution in [0.25, 0.3) is 0 Å². The summed E-state index contributed by atoms with van der Waals surface area (Å²) in [6, 6.07) is 6.31. The Kier molecular flexibility index (Phi) is 2.69. The number of rotatable bonds is 2. The molecule has 0 amide bonds. The summed E-state index contributed by atoms with van der Waals surface area (Å²) in [6.07, 6.45) is 1.28. The van der Waals surface area contributed by atoms with Gasteiger partial charge < -0.3 is 9.84 Å². The first kappa shape index (κ1) is 8.59. The molecule has 0 spiro atoms. The maximum Gasteiger partial charge on any atom is 0.315 e. The van der Waals surface area contributed by atoms with Gasteiger partial charge in [0, 0.05) is 0 Å². The Morgan fingerprint density at radius 3 is 2.75 bits per heavy atom. The topological polar surface area (TPSA) is 46.5 Å². The van der Waals surface area contributed by atoms with Gasteiger partial charge in [-0.2, -0.15) is 0 Å². The van der Waals surface area contributed by atoms with Crippen molar-refractivity contribution in [2.75, 3.05) is 0 Å². The van der Waals surface area contributed by atoms with Crippen molar-refractivity contribution in [2.24, 2.45) is 0 Å². The second-order valence-corrected chi connectivity index (χ2v) is 2.18. The molecule has 0 unspecified atom stereocenters. The van der Waals surface area contributed by atoms with E-state index in [1.807, 2.05) is 0 Å². The number of phenols is 1. The maximum atomic E-state index is 10.7. The number of ether oxygens (including phenoxy) is 1. The molecule has 0 fully saturated rings. The molecule has 0 heterocycles. The third kappa shape index (κ3) is 1.99. The van der Waals surface area contributed by atoms with Crippen LogP contribution in [-0.2, 0) is 4.79 Å². The molecule has 1 radical (unpaired) electrons. The Balaban J connectivity index is 2.75. The first-order valence-electron chi connectivity index (χ1n) is 3.53. The van der Waals surface area contributed by atoms with Crippen LogP contribution in [0.1, 0.15) is 6.92 Å². The van der Waals surface area contributed by atoms with E-state index < -0.39 is 5.97 Å². The van der Waals surface area contributed by atoms with E-state index in [2.05, 4.69) is 0 Å². The minimum atomic E-state index is -0.475. The molecule has 1 N–H and O–H groups in total. The van der Waals surface area contributed by atoms with Crippen molar-refractivity contribution in [3.63, 3.8) is 0 Å². The third-order valence-corrected chi connectivity index (χ3v) is 1.31. The summed E-state index contributed by atoms with van der Waals surface area (Å²) in [7, 11) is 0. The molecule has 0 aliphatic heterocycles. The van der Waals surface area contributed by atoms with Gasteiger partial charge in [-0.25, -0.2) is 0 Å². The molecule has 0 aliphatic carbocycles. The van der Waals surface area contributed by atoms with E-state index in [0.717, 1.165) is 0 Å². The zero-order chi connectivity index (χ0) is 8.97. The highest BCUT2D eigenvalue weighted by molar-refractivity contribution is 5.80. The number of aromatic hydroxyl groups is 1. The van der Waals surface area contributed by atoms with Crippen molar-refractivity contribution in [3.05, 3.63) is 30.7 Å². The molecule has 0 aliphatic rings. The van der Waals surface area contributed by atoms with Crippen LogP contribution in [-0.4, -0.2) is 11.1 Å². The Bertz CT molecular complexity index is 281. The van der Waals surface area contributed by atoms with Gasteiger partial charge in [0.2, 0.25) is 0 Å². The van der Waals surface area contributed by atoms with E-state index in [9.17, 15) is 4.79 Å². The number of hydrogen-bond acceptors (Lipinski definition) is 3. The predicted molar refractivity (Wildman–Crippen MR) is 43.7 cm³/mol. The molecule has 3 nitrogen and oxygen atoms in total. The zero-order valence-electron chi connectivity index (χ0n) is 6.65. The molecule has 1 aromatic rings. The van der Waals surface area contributed by atoms with Crippen molar-refractivity contribution in [2.45, 2.75) is 6.92 Å². The van der Waals surface area contributed by atoms with E-state index in [-0.39, 0.29) is 11.5 Å². The molecule has 3 heteroatoms. The standard InChI is InChI=1S/C9H9O3/c1-2-9(11)12-8-6-4-3-5-7(8)10/h2-6,10H,1H3. The van der Waals surface area contributed by atoms with Crippen molar-refractivity contribution in [3.8, 4) is 11.5 Å². The summed E-state index contributed by atoms with van der Waals surface area (Å²) in [6.45, 7) is 1.57. The van der Waals surface area contributed by atoms with Crippen LogP contribution < -0.4 is 4.74 Å². The summed E-state index contributed by atoms with van der Waals surface area (Å²) in [5, 5.41) is 9.16. The maximum absolute atomic E-state index is 10.7. The fourth-order valence-electron chi connectivity index (χ4n) is 0.711. The summed E-state index contributed by atoms with van der Waals surface area (Å²) in [5.41, 5.74) is 0. The van der Waals surface area contributed by atoms with E-state index in [1.54, 1.807) is 19.1 Å². The van der Waals surface area contributed by atoms with Crippen LogP contribution in [0.5, 0.6) is 11.5 Å².